The monoisotopic (exact) mass is 464 g/mol. The number of carbonyl (C=O) groups excluding carboxylic acids is 2. The average Bonchev–Trinajstić information content (AvgIpc) is 2.78. The largest absolute Gasteiger partial charge is 0.497 e. The Bertz CT molecular complexity index is 1090. The quantitative estimate of drug-likeness (QED) is 0.565. The summed E-state index contributed by atoms with van der Waals surface area (Å²) < 4.78 is 48.2. The van der Waals surface area contributed by atoms with Crippen molar-refractivity contribution < 1.29 is 37.0 Å². The van der Waals surface area contributed by atoms with E-state index < -0.39 is 34.0 Å². The van der Waals surface area contributed by atoms with Crippen molar-refractivity contribution in [2.24, 2.45) is 0 Å². The van der Waals surface area contributed by atoms with Crippen molar-refractivity contribution in [3.8, 4) is 17.2 Å². The molecule has 10 nitrogen and oxygen atoms in total. The van der Waals surface area contributed by atoms with Crippen molar-refractivity contribution >= 4 is 27.6 Å². The molecule has 32 heavy (non-hydrogen) atoms. The summed E-state index contributed by atoms with van der Waals surface area (Å²) in [6.45, 7) is 3.57. The Morgan fingerprint density at radius 2 is 1.66 bits per heavy atom. The smallest absolute Gasteiger partial charge is 0.324 e. The molecule has 3 rings (SSSR count). The predicted octanol–water partition coefficient (Wildman–Crippen LogP) is 1.70. The molecule has 172 valence electrons. The second kappa shape index (κ2) is 9.88. The lowest BCUT2D eigenvalue weighted by molar-refractivity contribution is -0.154. The second-order valence-electron chi connectivity index (χ2n) is 6.95. The van der Waals surface area contributed by atoms with Crippen molar-refractivity contribution in [2.75, 3.05) is 25.6 Å². The van der Waals surface area contributed by atoms with Gasteiger partial charge in [0.15, 0.2) is 17.6 Å². The minimum atomic E-state index is -3.98. The highest BCUT2D eigenvalue weighted by atomic mass is 32.2. The highest BCUT2D eigenvalue weighted by Gasteiger charge is 2.26. The van der Waals surface area contributed by atoms with Gasteiger partial charge in [0.05, 0.1) is 12.0 Å². The fraction of sp³-hybridized carbons (Fsp3) is 0.333. The summed E-state index contributed by atoms with van der Waals surface area (Å²) >= 11 is 0. The zero-order valence-corrected chi connectivity index (χ0v) is 18.6. The van der Waals surface area contributed by atoms with E-state index in [0.29, 0.717) is 36.1 Å². The average molecular weight is 464 g/mol. The van der Waals surface area contributed by atoms with Gasteiger partial charge in [-0.15, -0.1) is 0 Å². The summed E-state index contributed by atoms with van der Waals surface area (Å²) in [5.41, 5.74) is 0.440. The Morgan fingerprint density at radius 3 is 2.31 bits per heavy atom. The van der Waals surface area contributed by atoms with Crippen molar-refractivity contribution in [1.82, 2.24) is 4.72 Å². The van der Waals surface area contributed by atoms with Crippen LogP contribution in [0.1, 0.15) is 13.8 Å². The number of nitrogens with one attached hydrogen (secondary N) is 2. The van der Waals surface area contributed by atoms with Gasteiger partial charge in [-0.05, 0) is 50.2 Å². The van der Waals surface area contributed by atoms with Gasteiger partial charge < -0.3 is 24.3 Å². The molecule has 11 heteroatoms. The van der Waals surface area contributed by atoms with Gasteiger partial charge in [-0.3, -0.25) is 9.59 Å². The van der Waals surface area contributed by atoms with Crippen LogP contribution in [0.3, 0.4) is 0 Å². The minimum absolute atomic E-state index is 0.0395. The molecule has 1 unspecified atom stereocenters. The molecule has 0 fully saturated rings. The van der Waals surface area contributed by atoms with Crippen LogP contribution in [-0.4, -0.2) is 52.8 Å². The maximum atomic E-state index is 12.5. The van der Waals surface area contributed by atoms with E-state index in [4.69, 9.17) is 18.9 Å². The SMILES string of the molecule is COc1ccc(S(=O)(=O)N[C@@H](C)C(=O)OC(C)C(=O)Nc2ccc3c(c2)OCCO3)cc1. The molecule has 1 aliphatic heterocycles. The summed E-state index contributed by atoms with van der Waals surface area (Å²) in [6.07, 6.45) is -1.16. The number of ether oxygens (including phenoxy) is 4. The van der Waals surface area contributed by atoms with E-state index in [2.05, 4.69) is 10.0 Å². The van der Waals surface area contributed by atoms with Gasteiger partial charge >= 0.3 is 5.97 Å². The molecule has 0 spiro atoms. The normalized spacial score (nSPS) is 14.7. The summed E-state index contributed by atoms with van der Waals surface area (Å²) in [6, 6.07) is 9.36. The molecule has 1 aliphatic rings. The Morgan fingerprint density at radius 1 is 1.00 bits per heavy atom. The lowest BCUT2D eigenvalue weighted by Gasteiger charge is -2.20. The molecule has 2 aromatic rings. The van der Waals surface area contributed by atoms with Crippen LogP contribution in [0.25, 0.3) is 0 Å². The van der Waals surface area contributed by atoms with E-state index in [1.54, 1.807) is 18.2 Å². The van der Waals surface area contributed by atoms with E-state index in [9.17, 15) is 18.0 Å². The summed E-state index contributed by atoms with van der Waals surface area (Å²) in [4.78, 5) is 24.7. The van der Waals surface area contributed by atoms with Gasteiger partial charge in [0.2, 0.25) is 10.0 Å². The third kappa shape index (κ3) is 5.68. The van der Waals surface area contributed by atoms with Crippen molar-refractivity contribution in [3.05, 3.63) is 42.5 Å². The molecule has 2 N–H and O–H groups in total. The zero-order chi connectivity index (χ0) is 23.3. The first kappa shape index (κ1) is 23.4. The van der Waals surface area contributed by atoms with Crippen LogP contribution in [0.4, 0.5) is 5.69 Å². The number of sulfonamides is 1. The highest BCUT2D eigenvalue weighted by molar-refractivity contribution is 7.89. The number of fused-ring (bicyclic) bond motifs is 1. The maximum Gasteiger partial charge on any atom is 0.324 e. The Kier molecular flexibility index (Phi) is 7.21. The third-order valence-electron chi connectivity index (χ3n) is 4.53. The first-order valence-corrected chi connectivity index (χ1v) is 11.3. The van der Waals surface area contributed by atoms with Gasteiger partial charge in [-0.25, -0.2) is 8.42 Å². The van der Waals surface area contributed by atoms with E-state index in [-0.39, 0.29) is 4.90 Å². The molecule has 1 heterocycles. The Balaban J connectivity index is 1.56. The van der Waals surface area contributed by atoms with Crippen LogP contribution in [0, 0.1) is 0 Å². The number of hydrogen-bond acceptors (Lipinski definition) is 8. The van der Waals surface area contributed by atoms with Gasteiger partial charge in [0.25, 0.3) is 5.91 Å². The van der Waals surface area contributed by atoms with Gasteiger partial charge in [0, 0.05) is 11.8 Å². The molecule has 0 bridgehead atoms. The molecule has 0 aliphatic carbocycles. The van der Waals surface area contributed by atoms with E-state index >= 15 is 0 Å². The predicted molar refractivity (Wildman–Crippen MR) is 114 cm³/mol. The van der Waals surface area contributed by atoms with Gasteiger partial charge in [0.1, 0.15) is 25.0 Å². The summed E-state index contributed by atoms with van der Waals surface area (Å²) in [7, 11) is -2.51. The lowest BCUT2D eigenvalue weighted by atomic mass is 10.2. The third-order valence-corrected chi connectivity index (χ3v) is 6.08. The molecule has 1 amide bonds. The number of benzene rings is 2. The molecule has 0 aromatic heterocycles. The lowest BCUT2D eigenvalue weighted by Crippen LogP contribution is -2.42. The number of rotatable bonds is 8. The van der Waals surface area contributed by atoms with Crippen LogP contribution in [0.2, 0.25) is 0 Å². The number of methoxy groups -OCH3 is 1. The van der Waals surface area contributed by atoms with E-state index in [0.717, 1.165) is 0 Å². The van der Waals surface area contributed by atoms with Crippen LogP contribution in [0.15, 0.2) is 47.4 Å². The van der Waals surface area contributed by atoms with Gasteiger partial charge in [-0.1, -0.05) is 0 Å². The standard InChI is InChI=1S/C21H24N2O8S/c1-13(23-32(26,27)17-7-5-16(28-3)6-8-17)21(25)31-14(2)20(24)22-15-4-9-18-19(12-15)30-11-10-29-18/h4-9,12-14,23H,10-11H2,1-3H3,(H,22,24)/t13-,14?/m0/s1. The molecule has 0 saturated carbocycles. The molecule has 2 atom stereocenters. The van der Waals surface area contributed by atoms with Gasteiger partial charge in [-0.2, -0.15) is 4.72 Å². The van der Waals surface area contributed by atoms with E-state index in [1.807, 2.05) is 0 Å². The van der Waals surface area contributed by atoms with Crippen LogP contribution < -0.4 is 24.2 Å². The number of amides is 1. The highest BCUT2D eigenvalue weighted by Crippen LogP contribution is 2.32. The van der Waals surface area contributed by atoms with Crippen LogP contribution in [-0.2, 0) is 24.3 Å². The number of carbonyl (C=O) groups is 2. The molecule has 2 aromatic carbocycles. The minimum Gasteiger partial charge on any atom is -0.497 e. The van der Waals surface area contributed by atoms with Crippen molar-refractivity contribution in [2.45, 2.75) is 30.9 Å². The summed E-state index contributed by atoms with van der Waals surface area (Å²) in [5.74, 6) is 0.0911. The second-order valence-corrected chi connectivity index (χ2v) is 8.66. The number of hydrogen-bond donors (Lipinski definition) is 2. The zero-order valence-electron chi connectivity index (χ0n) is 17.8. The van der Waals surface area contributed by atoms with Crippen LogP contribution in [0.5, 0.6) is 17.2 Å². The van der Waals surface area contributed by atoms with Crippen molar-refractivity contribution in [3.63, 3.8) is 0 Å². The molecule has 0 saturated heterocycles. The first-order valence-electron chi connectivity index (χ1n) is 9.77. The Labute approximate surface area is 185 Å². The summed E-state index contributed by atoms with van der Waals surface area (Å²) in [5, 5.41) is 2.62. The maximum absolute atomic E-state index is 12.5. The number of anilines is 1. The topological polar surface area (TPSA) is 129 Å². The first-order chi connectivity index (χ1) is 15.2. The number of esters is 1. The molecule has 0 radical (unpaired) electrons. The molecular formula is C21H24N2O8S. The fourth-order valence-electron chi connectivity index (χ4n) is 2.80. The molecular weight excluding hydrogens is 440 g/mol. The fourth-order valence-corrected chi connectivity index (χ4v) is 3.99. The van der Waals surface area contributed by atoms with Crippen molar-refractivity contribution in [1.29, 1.82) is 0 Å². The Hall–Kier alpha value is -3.31. The van der Waals surface area contributed by atoms with Crippen LogP contribution >= 0.6 is 0 Å². The van der Waals surface area contributed by atoms with E-state index in [1.165, 1.54) is 45.2 Å².